The molecule has 0 unspecified atom stereocenters. The minimum atomic E-state index is 0.00247. The zero-order valence-electron chi connectivity index (χ0n) is 12.8. The van der Waals surface area contributed by atoms with E-state index in [0.717, 1.165) is 5.75 Å². The molecular weight excluding hydrogens is 308 g/mol. The maximum Gasteiger partial charge on any atom is 0.132 e. The first-order valence-electron chi connectivity index (χ1n) is 7.98. The summed E-state index contributed by atoms with van der Waals surface area (Å²) in [6.45, 7) is 1.21. The van der Waals surface area contributed by atoms with Crippen LogP contribution in [0.4, 0.5) is 0 Å². The van der Waals surface area contributed by atoms with Gasteiger partial charge in [0.2, 0.25) is 0 Å². The molecule has 2 aromatic carbocycles. The summed E-state index contributed by atoms with van der Waals surface area (Å²) in [4.78, 5) is 0. The summed E-state index contributed by atoms with van der Waals surface area (Å²) < 4.78 is 18.3. The van der Waals surface area contributed by atoms with Crippen molar-refractivity contribution < 1.29 is 14.2 Å². The monoisotopic (exact) mass is 328 g/mol. The van der Waals surface area contributed by atoms with Crippen molar-refractivity contribution in [2.45, 2.75) is 37.0 Å². The van der Waals surface area contributed by atoms with Crippen molar-refractivity contribution in [2.75, 3.05) is 5.75 Å². The van der Waals surface area contributed by atoms with E-state index in [9.17, 15) is 0 Å². The van der Waals surface area contributed by atoms with E-state index in [2.05, 4.69) is 24.3 Å². The van der Waals surface area contributed by atoms with Crippen LogP contribution in [-0.2, 0) is 27.4 Å². The van der Waals surface area contributed by atoms with Gasteiger partial charge < -0.3 is 14.2 Å². The SMILES string of the molecule is c1ccc(CO[C@@H]2[C@@H](OCc3ccccc3)[C@H]3O[C@@H]2CS3)cc1. The fraction of sp³-hybridized carbons (Fsp3) is 0.368. The molecule has 0 aromatic heterocycles. The van der Waals surface area contributed by atoms with Gasteiger partial charge in [-0.3, -0.25) is 0 Å². The lowest BCUT2D eigenvalue weighted by molar-refractivity contribution is -0.0732. The van der Waals surface area contributed by atoms with Crippen LogP contribution in [-0.4, -0.2) is 29.5 Å². The van der Waals surface area contributed by atoms with Crippen molar-refractivity contribution in [3.8, 4) is 0 Å². The van der Waals surface area contributed by atoms with E-state index < -0.39 is 0 Å². The van der Waals surface area contributed by atoms with E-state index in [1.807, 2.05) is 48.2 Å². The predicted molar refractivity (Wildman–Crippen MR) is 91.2 cm³/mol. The van der Waals surface area contributed by atoms with E-state index in [1.165, 1.54) is 11.1 Å². The average Bonchev–Trinajstić information content (AvgIpc) is 3.21. The van der Waals surface area contributed by atoms with Crippen LogP contribution in [0.1, 0.15) is 11.1 Å². The molecule has 2 aliphatic rings. The molecule has 2 saturated heterocycles. The number of ether oxygens (including phenoxy) is 3. The molecule has 2 heterocycles. The highest BCUT2D eigenvalue weighted by Crippen LogP contribution is 2.42. The molecule has 2 bridgehead atoms. The number of hydrogen-bond donors (Lipinski definition) is 0. The molecule has 4 heteroatoms. The van der Waals surface area contributed by atoms with Crippen LogP contribution in [0.3, 0.4) is 0 Å². The molecule has 23 heavy (non-hydrogen) atoms. The second kappa shape index (κ2) is 7.05. The van der Waals surface area contributed by atoms with Crippen LogP contribution >= 0.6 is 11.8 Å². The zero-order chi connectivity index (χ0) is 15.5. The lowest BCUT2D eigenvalue weighted by atomic mass is 10.1. The molecular formula is C19H20O3S. The van der Waals surface area contributed by atoms with Crippen LogP contribution in [0.5, 0.6) is 0 Å². The Kier molecular flexibility index (Phi) is 4.67. The van der Waals surface area contributed by atoms with Crippen molar-refractivity contribution in [2.24, 2.45) is 0 Å². The van der Waals surface area contributed by atoms with Crippen molar-refractivity contribution in [3.05, 3.63) is 71.8 Å². The Labute approximate surface area is 140 Å². The second-order valence-electron chi connectivity index (χ2n) is 5.90. The Balaban J connectivity index is 1.38. The molecule has 0 radical (unpaired) electrons. The predicted octanol–water partition coefficient (Wildman–Crippen LogP) is 3.63. The Morgan fingerprint density at radius 1 is 0.826 bits per heavy atom. The standard InChI is InChI=1S/C19H20O3S/c1-3-7-14(8-4-1)11-20-17-16-13-23-19(22-16)18(17)21-12-15-9-5-2-6-10-15/h1-10,16-19H,11-13H2/t16-,17+,18-,19+/m1/s1. The molecule has 0 amide bonds. The first kappa shape index (κ1) is 15.2. The van der Waals surface area contributed by atoms with E-state index >= 15 is 0 Å². The van der Waals surface area contributed by atoms with Crippen LogP contribution in [0, 0.1) is 0 Å². The normalized spacial score (nSPS) is 29.0. The Hall–Kier alpha value is -1.33. The lowest BCUT2D eigenvalue weighted by Crippen LogP contribution is -2.40. The van der Waals surface area contributed by atoms with Gasteiger partial charge in [-0.1, -0.05) is 60.7 Å². The van der Waals surface area contributed by atoms with Gasteiger partial charge in [0, 0.05) is 5.75 Å². The van der Waals surface area contributed by atoms with Crippen molar-refractivity contribution >= 4 is 11.8 Å². The van der Waals surface area contributed by atoms with Crippen molar-refractivity contribution in [3.63, 3.8) is 0 Å². The van der Waals surface area contributed by atoms with E-state index in [1.54, 1.807) is 0 Å². The highest BCUT2D eigenvalue weighted by Gasteiger charge is 2.51. The van der Waals surface area contributed by atoms with Gasteiger partial charge >= 0.3 is 0 Å². The second-order valence-corrected chi connectivity index (χ2v) is 7.03. The fourth-order valence-corrected chi connectivity index (χ4v) is 4.35. The number of rotatable bonds is 6. The van der Waals surface area contributed by atoms with Gasteiger partial charge in [-0.2, -0.15) is 0 Å². The van der Waals surface area contributed by atoms with Gasteiger partial charge in [0.1, 0.15) is 17.6 Å². The van der Waals surface area contributed by atoms with Crippen LogP contribution in [0.15, 0.2) is 60.7 Å². The summed E-state index contributed by atoms with van der Waals surface area (Å²) in [5, 5.41) is 0. The smallest absolute Gasteiger partial charge is 0.132 e. The minimum Gasteiger partial charge on any atom is -0.368 e. The summed E-state index contributed by atoms with van der Waals surface area (Å²) in [5.74, 6) is 0.995. The van der Waals surface area contributed by atoms with Gasteiger partial charge in [0.15, 0.2) is 0 Å². The molecule has 4 atom stereocenters. The zero-order valence-corrected chi connectivity index (χ0v) is 13.7. The minimum absolute atomic E-state index is 0.00247. The highest BCUT2D eigenvalue weighted by atomic mass is 32.2. The van der Waals surface area contributed by atoms with Gasteiger partial charge in [-0.05, 0) is 11.1 Å². The van der Waals surface area contributed by atoms with Gasteiger partial charge in [-0.25, -0.2) is 0 Å². The number of fused-ring (bicyclic) bond motifs is 2. The van der Waals surface area contributed by atoms with Crippen molar-refractivity contribution in [1.29, 1.82) is 0 Å². The quantitative estimate of drug-likeness (QED) is 0.809. The van der Waals surface area contributed by atoms with E-state index in [0.29, 0.717) is 13.2 Å². The summed E-state index contributed by atoms with van der Waals surface area (Å²) in [5.41, 5.74) is 2.47. The van der Waals surface area contributed by atoms with Crippen LogP contribution < -0.4 is 0 Å². The highest BCUT2D eigenvalue weighted by molar-refractivity contribution is 8.00. The van der Waals surface area contributed by atoms with Crippen LogP contribution in [0.2, 0.25) is 0 Å². The molecule has 4 rings (SSSR count). The maximum absolute atomic E-state index is 6.16. The van der Waals surface area contributed by atoms with Crippen molar-refractivity contribution in [1.82, 2.24) is 0 Å². The molecule has 0 spiro atoms. The number of hydrogen-bond acceptors (Lipinski definition) is 4. The third-order valence-corrected chi connectivity index (χ3v) is 5.49. The molecule has 0 N–H and O–H groups in total. The molecule has 0 saturated carbocycles. The molecule has 2 fully saturated rings. The van der Waals surface area contributed by atoms with E-state index in [4.69, 9.17) is 14.2 Å². The van der Waals surface area contributed by atoms with Gasteiger partial charge in [0.25, 0.3) is 0 Å². The Morgan fingerprint density at radius 3 is 2.00 bits per heavy atom. The molecule has 2 aromatic rings. The van der Waals surface area contributed by atoms with E-state index in [-0.39, 0.29) is 23.7 Å². The molecule has 2 aliphatic heterocycles. The number of thioether (sulfide) groups is 1. The third kappa shape index (κ3) is 3.45. The Morgan fingerprint density at radius 2 is 1.39 bits per heavy atom. The summed E-state index contributed by atoms with van der Waals surface area (Å²) >= 11 is 1.83. The first-order chi connectivity index (χ1) is 11.4. The fourth-order valence-electron chi connectivity index (χ4n) is 3.06. The summed E-state index contributed by atoms with van der Waals surface area (Å²) in [6.07, 6.45) is 0.169. The van der Waals surface area contributed by atoms with Gasteiger partial charge in [0.05, 0.1) is 19.3 Å². The topological polar surface area (TPSA) is 27.7 Å². The van der Waals surface area contributed by atoms with Gasteiger partial charge in [-0.15, -0.1) is 11.8 Å². The maximum atomic E-state index is 6.16. The average molecular weight is 328 g/mol. The number of benzene rings is 2. The molecule has 120 valence electrons. The summed E-state index contributed by atoms with van der Waals surface area (Å²) in [7, 11) is 0. The largest absolute Gasteiger partial charge is 0.368 e. The Bertz CT molecular complexity index is 564. The molecule has 3 nitrogen and oxygen atoms in total. The first-order valence-corrected chi connectivity index (χ1v) is 9.03. The van der Waals surface area contributed by atoms with Crippen LogP contribution in [0.25, 0.3) is 0 Å². The lowest BCUT2D eigenvalue weighted by Gasteiger charge is -2.28. The third-order valence-electron chi connectivity index (χ3n) is 4.26. The summed E-state index contributed by atoms with van der Waals surface area (Å²) in [6, 6.07) is 20.5. The molecule has 0 aliphatic carbocycles.